The van der Waals surface area contributed by atoms with E-state index in [1.165, 1.54) is 12.1 Å². The summed E-state index contributed by atoms with van der Waals surface area (Å²) in [5.74, 6) is -0.262. The Morgan fingerprint density at radius 1 is 1.44 bits per heavy atom. The van der Waals surface area contributed by atoms with E-state index in [4.69, 9.17) is 10.8 Å². The number of fused-ring (bicyclic) bond motifs is 1. The summed E-state index contributed by atoms with van der Waals surface area (Å²) in [5, 5.41) is 9.81. The van der Waals surface area contributed by atoms with Crippen molar-refractivity contribution in [3.05, 3.63) is 35.8 Å². The van der Waals surface area contributed by atoms with Crippen molar-refractivity contribution in [1.82, 2.24) is 4.98 Å². The van der Waals surface area contributed by atoms with Gasteiger partial charge in [0.15, 0.2) is 0 Å². The number of nitrogens with two attached hydrogens (primary N) is 1. The number of aromatic amines is 1. The van der Waals surface area contributed by atoms with E-state index in [-0.39, 0.29) is 30.9 Å². The predicted molar refractivity (Wildman–Crippen MR) is 64.3 cm³/mol. The van der Waals surface area contributed by atoms with Crippen LogP contribution in [0.25, 0.3) is 10.9 Å². The van der Waals surface area contributed by atoms with Crippen LogP contribution in [0.15, 0.2) is 24.4 Å². The van der Waals surface area contributed by atoms with Gasteiger partial charge in [0.1, 0.15) is 5.82 Å². The lowest BCUT2D eigenvalue weighted by atomic mass is 10.1. The zero-order chi connectivity index (χ0) is 10.8. The molecule has 0 radical (unpaired) electrons. The minimum Gasteiger partial charge on any atom is -0.395 e. The minimum atomic E-state index is -0.269. The molecule has 2 rings (SSSR count). The maximum Gasteiger partial charge on any atom is 0.125 e. The molecular weight excluding hydrogens is 231 g/mol. The monoisotopic (exact) mass is 244 g/mol. The molecule has 0 bridgehead atoms. The lowest BCUT2D eigenvalue weighted by molar-refractivity contribution is 0.265. The summed E-state index contributed by atoms with van der Waals surface area (Å²) in [7, 11) is 0. The fourth-order valence-corrected chi connectivity index (χ4v) is 1.67. The van der Waals surface area contributed by atoms with E-state index in [0.29, 0.717) is 6.42 Å². The second-order valence-corrected chi connectivity index (χ2v) is 3.65. The van der Waals surface area contributed by atoms with E-state index in [1.807, 2.05) is 0 Å². The van der Waals surface area contributed by atoms with Gasteiger partial charge in [0.25, 0.3) is 0 Å². The van der Waals surface area contributed by atoms with Crippen molar-refractivity contribution in [2.75, 3.05) is 6.61 Å². The average Bonchev–Trinajstić information content (AvgIpc) is 2.60. The lowest BCUT2D eigenvalue weighted by Crippen LogP contribution is -2.26. The third-order valence-corrected chi connectivity index (χ3v) is 2.45. The molecule has 3 nitrogen and oxygen atoms in total. The van der Waals surface area contributed by atoms with E-state index in [2.05, 4.69) is 4.98 Å². The van der Waals surface area contributed by atoms with Gasteiger partial charge in [-0.3, -0.25) is 0 Å². The summed E-state index contributed by atoms with van der Waals surface area (Å²) < 4.78 is 12.9. The summed E-state index contributed by atoms with van der Waals surface area (Å²) in [6.45, 7) is -0.0477. The largest absolute Gasteiger partial charge is 0.395 e. The van der Waals surface area contributed by atoms with Gasteiger partial charge in [-0.05, 0) is 30.2 Å². The fourth-order valence-electron chi connectivity index (χ4n) is 1.67. The molecule has 0 aliphatic carbocycles. The van der Waals surface area contributed by atoms with Crippen molar-refractivity contribution in [1.29, 1.82) is 0 Å². The summed E-state index contributed by atoms with van der Waals surface area (Å²) in [4.78, 5) is 2.98. The molecule has 0 fully saturated rings. The molecule has 1 aromatic carbocycles. The van der Waals surface area contributed by atoms with Gasteiger partial charge in [0.05, 0.1) is 6.61 Å². The number of H-pyrrole nitrogens is 1. The first-order valence-corrected chi connectivity index (χ1v) is 4.82. The van der Waals surface area contributed by atoms with E-state index in [1.54, 1.807) is 12.3 Å². The average molecular weight is 245 g/mol. The molecule has 0 spiro atoms. The Bertz CT molecular complexity index is 472. The van der Waals surface area contributed by atoms with Crippen LogP contribution in [0.3, 0.4) is 0 Å². The zero-order valence-electron chi connectivity index (χ0n) is 8.61. The SMILES string of the molecule is Cl.NC(CO)Cc1c[nH]c2cc(F)ccc12. The van der Waals surface area contributed by atoms with Gasteiger partial charge >= 0.3 is 0 Å². The number of aliphatic hydroxyl groups is 1. The van der Waals surface area contributed by atoms with Gasteiger partial charge in [-0.2, -0.15) is 0 Å². The zero-order valence-corrected chi connectivity index (χ0v) is 9.43. The van der Waals surface area contributed by atoms with Gasteiger partial charge in [-0.25, -0.2) is 4.39 Å². The van der Waals surface area contributed by atoms with Crippen molar-refractivity contribution in [3.8, 4) is 0 Å². The van der Waals surface area contributed by atoms with Crippen molar-refractivity contribution < 1.29 is 9.50 Å². The number of hydrogen-bond donors (Lipinski definition) is 3. The molecule has 0 amide bonds. The first-order valence-electron chi connectivity index (χ1n) is 4.82. The van der Waals surface area contributed by atoms with Crippen LogP contribution in [0.5, 0.6) is 0 Å². The quantitative estimate of drug-likeness (QED) is 0.768. The maximum atomic E-state index is 12.9. The van der Waals surface area contributed by atoms with Crippen LogP contribution in [0, 0.1) is 5.82 Å². The highest BCUT2D eigenvalue weighted by Gasteiger charge is 2.08. The lowest BCUT2D eigenvalue weighted by Gasteiger charge is -2.06. The summed E-state index contributed by atoms with van der Waals surface area (Å²) in [5.41, 5.74) is 7.41. The van der Waals surface area contributed by atoms with E-state index in [0.717, 1.165) is 16.5 Å². The predicted octanol–water partition coefficient (Wildman–Crippen LogP) is 1.59. The van der Waals surface area contributed by atoms with E-state index >= 15 is 0 Å². The number of aromatic nitrogens is 1. The molecule has 2 aromatic rings. The number of nitrogens with one attached hydrogen (secondary N) is 1. The molecule has 1 atom stereocenters. The Balaban J connectivity index is 0.00000128. The second kappa shape index (κ2) is 5.30. The fraction of sp³-hybridized carbons (Fsp3) is 0.273. The second-order valence-electron chi connectivity index (χ2n) is 3.65. The number of aliphatic hydroxyl groups excluding tert-OH is 1. The Hall–Kier alpha value is -1.10. The highest BCUT2D eigenvalue weighted by atomic mass is 35.5. The molecule has 0 aliphatic rings. The third kappa shape index (κ3) is 2.52. The molecular formula is C11H14ClFN2O. The topological polar surface area (TPSA) is 62.0 Å². The Kier molecular flexibility index (Phi) is 4.29. The molecule has 4 N–H and O–H groups in total. The van der Waals surface area contributed by atoms with E-state index < -0.39 is 0 Å². The highest BCUT2D eigenvalue weighted by Crippen LogP contribution is 2.20. The molecule has 1 heterocycles. The van der Waals surface area contributed by atoms with Crippen molar-refractivity contribution in [2.45, 2.75) is 12.5 Å². The van der Waals surface area contributed by atoms with Gasteiger partial charge in [0, 0.05) is 23.1 Å². The van der Waals surface area contributed by atoms with Gasteiger partial charge < -0.3 is 15.8 Å². The van der Waals surface area contributed by atoms with Crippen molar-refractivity contribution >= 4 is 23.3 Å². The van der Waals surface area contributed by atoms with Crippen molar-refractivity contribution in [3.63, 3.8) is 0 Å². The molecule has 1 aromatic heterocycles. The normalized spacial score (nSPS) is 12.4. The van der Waals surface area contributed by atoms with E-state index in [9.17, 15) is 4.39 Å². The van der Waals surface area contributed by atoms with Crippen LogP contribution in [0.2, 0.25) is 0 Å². The van der Waals surface area contributed by atoms with Gasteiger partial charge in [-0.1, -0.05) is 0 Å². The molecule has 0 saturated heterocycles. The third-order valence-electron chi connectivity index (χ3n) is 2.45. The molecule has 5 heteroatoms. The summed E-state index contributed by atoms with van der Waals surface area (Å²) in [6.07, 6.45) is 2.39. The smallest absolute Gasteiger partial charge is 0.125 e. The molecule has 88 valence electrons. The molecule has 1 unspecified atom stereocenters. The Labute approximate surface area is 98.9 Å². The summed E-state index contributed by atoms with van der Waals surface area (Å²) >= 11 is 0. The Morgan fingerprint density at radius 3 is 2.88 bits per heavy atom. The minimum absolute atomic E-state index is 0. The van der Waals surface area contributed by atoms with Gasteiger partial charge in [0.2, 0.25) is 0 Å². The number of benzene rings is 1. The molecule has 16 heavy (non-hydrogen) atoms. The number of rotatable bonds is 3. The Morgan fingerprint density at radius 2 is 2.19 bits per heavy atom. The standard InChI is InChI=1S/C11H13FN2O.ClH/c12-8-1-2-10-7(3-9(13)6-15)5-14-11(10)4-8;/h1-2,4-5,9,14-15H,3,6,13H2;1H. The van der Waals surface area contributed by atoms with Crippen molar-refractivity contribution in [2.24, 2.45) is 5.73 Å². The highest BCUT2D eigenvalue weighted by molar-refractivity contribution is 5.85. The molecule has 0 saturated carbocycles. The first-order chi connectivity index (χ1) is 7.20. The van der Waals surface area contributed by atoms with Gasteiger partial charge in [-0.15, -0.1) is 12.4 Å². The first kappa shape index (κ1) is 13.0. The number of halogens is 2. The number of hydrogen-bond acceptors (Lipinski definition) is 2. The van der Waals surface area contributed by atoms with Crippen LogP contribution < -0.4 is 5.73 Å². The van der Waals surface area contributed by atoms with Crippen LogP contribution in [0.4, 0.5) is 4.39 Å². The van der Waals surface area contributed by atoms with Crippen LogP contribution in [-0.4, -0.2) is 22.7 Å². The molecule has 0 aliphatic heterocycles. The van der Waals surface area contributed by atoms with Crippen LogP contribution >= 0.6 is 12.4 Å². The van der Waals surface area contributed by atoms with Crippen LogP contribution in [0.1, 0.15) is 5.56 Å². The maximum absolute atomic E-state index is 12.9. The summed E-state index contributed by atoms with van der Waals surface area (Å²) in [6, 6.07) is 4.32. The van der Waals surface area contributed by atoms with Crippen LogP contribution in [-0.2, 0) is 6.42 Å².